The quantitative estimate of drug-likeness (QED) is 0.0854. The van der Waals surface area contributed by atoms with Gasteiger partial charge in [-0.15, -0.1) is 0 Å². The maximum atomic E-state index is 16.7. The molecule has 4 amide bonds. The molecule has 3 aliphatic rings. The Hall–Kier alpha value is -6.57. The highest BCUT2D eigenvalue weighted by atomic mass is 19.3. The fourth-order valence-electron chi connectivity index (χ4n) is 8.92. The van der Waals surface area contributed by atoms with Gasteiger partial charge in [-0.3, -0.25) is 9.59 Å². The molecule has 66 heavy (non-hydrogen) atoms. The van der Waals surface area contributed by atoms with Gasteiger partial charge >= 0.3 is 12.2 Å². The van der Waals surface area contributed by atoms with E-state index in [0.717, 1.165) is 18.4 Å². The molecule has 2 aromatic heterocycles. The summed E-state index contributed by atoms with van der Waals surface area (Å²) in [5, 5.41) is 14.9. The van der Waals surface area contributed by atoms with Crippen LogP contribution in [0.4, 0.5) is 18.4 Å². The summed E-state index contributed by atoms with van der Waals surface area (Å²) < 4.78 is 42.9. The zero-order chi connectivity index (χ0) is 47.8. The topological polar surface area (TPSA) is 198 Å². The number of alkyl carbamates (subject to hydrolysis) is 2. The Labute approximate surface area is 383 Å². The van der Waals surface area contributed by atoms with E-state index in [0.29, 0.717) is 51.6 Å². The standard InChI is InChI=1S/C49H59F2N9O6/c1-26(2)41(57-46(63)65-8)44(61)59(25-48(7)16-17-48)24-40-54-37-15-12-31(20-38(37)55-40)30-10-13-33-34-14-11-32(19-36(34)49(50,51)35(33)18-30)39-22-53-43(56-39)29(6)60(23-28(5)21-52)45(62)42(27(3)4)58-47(64)66-9/h10-15,18-20,22,26-29,34,36,41-42H,16-17,23-25H2,1-9H3,(H,53,56)(H,54,55)(H,57,63)(H,58,64). The first-order chi connectivity index (χ1) is 31.3. The molecule has 0 radical (unpaired) electrons. The number of carbonyl (C=O) groups is 4. The van der Waals surface area contributed by atoms with E-state index in [1.165, 1.54) is 19.1 Å². The smallest absolute Gasteiger partial charge is 0.407 e. The average molecular weight is 908 g/mol. The number of rotatable bonds is 16. The van der Waals surface area contributed by atoms with Crippen LogP contribution in [-0.2, 0) is 31.5 Å². The number of nitrogens with one attached hydrogen (secondary N) is 4. The number of amides is 4. The Balaban J connectivity index is 1.10. The van der Waals surface area contributed by atoms with Gasteiger partial charge in [-0.2, -0.15) is 5.26 Å². The molecule has 2 aromatic carbocycles. The number of H-pyrrole nitrogens is 2. The van der Waals surface area contributed by atoms with E-state index in [1.54, 1.807) is 69.2 Å². The van der Waals surface area contributed by atoms with Gasteiger partial charge in [-0.05, 0) is 84.4 Å². The zero-order valence-electron chi connectivity index (χ0n) is 38.9. The molecule has 0 bridgehead atoms. The van der Waals surface area contributed by atoms with Gasteiger partial charge in [0.05, 0.1) is 67.6 Å². The van der Waals surface area contributed by atoms with Crippen LogP contribution in [0.15, 0.2) is 60.8 Å². The molecule has 2 heterocycles. The van der Waals surface area contributed by atoms with E-state index in [2.05, 4.69) is 38.6 Å². The van der Waals surface area contributed by atoms with E-state index >= 15 is 8.78 Å². The number of aromatic amines is 2. The largest absolute Gasteiger partial charge is 0.453 e. The highest BCUT2D eigenvalue weighted by molar-refractivity contribution is 5.87. The number of hydrogen-bond donors (Lipinski definition) is 4. The van der Waals surface area contributed by atoms with Crippen LogP contribution in [0.5, 0.6) is 0 Å². The van der Waals surface area contributed by atoms with Gasteiger partial charge in [-0.1, -0.05) is 71.0 Å². The van der Waals surface area contributed by atoms with Crippen molar-refractivity contribution in [2.24, 2.45) is 29.1 Å². The number of fused-ring (bicyclic) bond motifs is 4. The number of methoxy groups -OCH3 is 2. The van der Waals surface area contributed by atoms with E-state index in [1.807, 2.05) is 38.1 Å². The molecule has 350 valence electrons. The molecular weight excluding hydrogens is 849 g/mol. The van der Waals surface area contributed by atoms with Crippen LogP contribution in [0, 0.1) is 40.4 Å². The Morgan fingerprint density at radius 3 is 2.18 bits per heavy atom. The van der Waals surface area contributed by atoms with Crippen molar-refractivity contribution in [2.75, 3.05) is 27.3 Å². The van der Waals surface area contributed by atoms with Gasteiger partial charge in [0.1, 0.15) is 23.7 Å². The van der Waals surface area contributed by atoms with Gasteiger partial charge in [0.15, 0.2) is 0 Å². The highest BCUT2D eigenvalue weighted by Crippen LogP contribution is 2.57. The molecule has 3 aliphatic carbocycles. The number of nitriles is 1. The fraction of sp³-hybridized carbons (Fsp3) is 0.490. The minimum Gasteiger partial charge on any atom is -0.453 e. The summed E-state index contributed by atoms with van der Waals surface area (Å²) in [5.41, 5.74) is 4.18. The number of nitrogens with zero attached hydrogens (tertiary/aromatic N) is 5. The molecule has 15 nitrogen and oxygen atoms in total. The molecule has 4 aromatic rings. The fourth-order valence-corrected chi connectivity index (χ4v) is 8.92. The van der Waals surface area contributed by atoms with Crippen LogP contribution < -0.4 is 10.6 Å². The monoisotopic (exact) mass is 907 g/mol. The number of halogens is 2. The summed E-state index contributed by atoms with van der Waals surface area (Å²) in [4.78, 5) is 71.3. The number of hydrogen-bond acceptors (Lipinski definition) is 9. The molecule has 0 saturated heterocycles. The zero-order valence-corrected chi connectivity index (χ0v) is 38.9. The highest BCUT2D eigenvalue weighted by Gasteiger charge is 2.53. The first-order valence-corrected chi connectivity index (χ1v) is 22.4. The van der Waals surface area contributed by atoms with E-state index in [-0.39, 0.29) is 41.8 Å². The predicted molar refractivity (Wildman–Crippen MR) is 243 cm³/mol. The maximum Gasteiger partial charge on any atom is 0.407 e. The molecule has 6 unspecified atom stereocenters. The van der Waals surface area contributed by atoms with Crippen molar-refractivity contribution in [3.63, 3.8) is 0 Å². The second-order valence-corrected chi connectivity index (χ2v) is 19.0. The third-order valence-electron chi connectivity index (χ3n) is 13.1. The average Bonchev–Trinajstić information content (AvgIpc) is 3.57. The first-order valence-electron chi connectivity index (χ1n) is 22.4. The predicted octanol–water partition coefficient (Wildman–Crippen LogP) is 8.35. The van der Waals surface area contributed by atoms with Crippen molar-refractivity contribution >= 4 is 40.6 Å². The number of allylic oxidation sites excluding steroid dienone is 4. The normalized spacial score (nSPS) is 19.4. The Kier molecular flexibility index (Phi) is 13.5. The second kappa shape index (κ2) is 18.7. The molecule has 17 heteroatoms. The third kappa shape index (κ3) is 9.68. The molecule has 6 atom stereocenters. The van der Waals surface area contributed by atoms with Gasteiger partial charge in [0.25, 0.3) is 5.92 Å². The van der Waals surface area contributed by atoms with Crippen molar-refractivity contribution in [1.29, 1.82) is 5.26 Å². The number of ether oxygens (including phenoxy) is 2. The maximum absolute atomic E-state index is 16.7. The van der Waals surface area contributed by atoms with Crippen molar-refractivity contribution in [3.05, 3.63) is 89.3 Å². The van der Waals surface area contributed by atoms with Crippen LogP contribution in [0.25, 0.3) is 27.7 Å². The Morgan fingerprint density at radius 2 is 1.56 bits per heavy atom. The van der Waals surface area contributed by atoms with Gasteiger partial charge < -0.3 is 39.9 Å². The lowest BCUT2D eigenvalue weighted by Crippen LogP contribution is -2.52. The number of alkyl halides is 2. The van der Waals surface area contributed by atoms with Crippen LogP contribution in [-0.4, -0.2) is 93.1 Å². The summed E-state index contributed by atoms with van der Waals surface area (Å²) in [6.45, 7) is 13.6. The van der Waals surface area contributed by atoms with E-state index in [9.17, 15) is 24.4 Å². The third-order valence-corrected chi connectivity index (χ3v) is 13.1. The lowest BCUT2D eigenvalue weighted by Gasteiger charge is -2.33. The summed E-state index contributed by atoms with van der Waals surface area (Å²) in [7, 11) is 2.47. The molecule has 4 N–H and O–H groups in total. The van der Waals surface area contributed by atoms with Crippen molar-refractivity contribution in [3.8, 4) is 17.2 Å². The number of carbonyl (C=O) groups excluding carboxylic acids is 4. The van der Waals surface area contributed by atoms with Crippen LogP contribution in [0.2, 0.25) is 0 Å². The lowest BCUT2D eigenvalue weighted by atomic mass is 9.84. The van der Waals surface area contributed by atoms with Crippen LogP contribution in [0.3, 0.4) is 0 Å². The van der Waals surface area contributed by atoms with E-state index < -0.39 is 59.9 Å². The SMILES string of the molecule is COC(=O)NC(C(=O)N(Cc1nc2ccc(-c3ccc4c(c3)C(F)(F)C3C=C(c5cnc(C(C)N(CC(C)C#N)C(=O)C(NC(=O)OC)C(C)C)[nH]5)C=CC43)cc2[nH]1)CC1(C)CC1)C(C)C. The Morgan fingerprint density at radius 1 is 0.924 bits per heavy atom. The van der Waals surface area contributed by atoms with Gasteiger partial charge in [0, 0.05) is 24.6 Å². The molecule has 1 fully saturated rings. The van der Waals surface area contributed by atoms with Crippen LogP contribution >= 0.6 is 0 Å². The number of benzene rings is 2. The Bertz CT molecular complexity index is 2610. The second-order valence-electron chi connectivity index (χ2n) is 19.0. The minimum atomic E-state index is -3.21. The number of imidazole rings is 2. The summed E-state index contributed by atoms with van der Waals surface area (Å²) in [5.74, 6) is -5.66. The van der Waals surface area contributed by atoms with Crippen molar-refractivity contribution in [1.82, 2.24) is 40.4 Å². The van der Waals surface area contributed by atoms with Crippen molar-refractivity contribution < 1.29 is 37.4 Å². The lowest BCUT2D eigenvalue weighted by molar-refractivity contribution is -0.137. The van der Waals surface area contributed by atoms with Gasteiger partial charge in [-0.25, -0.2) is 28.3 Å². The first kappa shape index (κ1) is 47.4. The molecular formula is C49H59F2N9O6. The van der Waals surface area contributed by atoms with Crippen LogP contribution in [0.1, 0.15) is 102 Å². The molecule has 1 saturated carbocycles. The summed E-state index contributed by atoms with van der Waals surface area (Å²) in [6, 6.07) is 10.5. The summed E-state index contributed by atoms with van der Waals surface area (Å²) >= 11 is 0. The van der Waals surface area contributed by atoms with Gasteiger partial charge in [0.2, 0.25) is 11.8 Å². The minimum absolute atomic E-state index is 0.0158. The molecule has 7 rings (SSSR count). The van der Waals surface area contributed by atoms with E-state index in [4.69, 9.17) is 14.5 Å². The molecule has 0 spiro atoms. The number of aromatic nitrogens is 4. The molecule has 0 aliphatic heterocycles. The summed E-state index contributed by atoms with van der Waals surface area (Å²) in [6.07, 6.45) is 7.27. The van der Waals surface area contributed by atoms with Crippen molar-refractivity contribution in [2.45, 2.75) is 97.8 Å².